The molecule has 53 heavy (non-hydrogen) atoms. The number of phenolic OH excluding ortho intramolecular Hbond substituents is 2. The number of ketones is 3. The molecule has 1 heterocycles. The van der Waals surface area contributed by atoms with Gasteiger partial charge in [0.2, 0.25) is 12.1 Å². The Morgan fingerprint density at radius 1 is 1.02 bits per heavy atom. The lowest BCUT2D eigenvalue weighted by Crippen LogP contribution is -2.55. The number of hydrogen-bond acceptors (Lipinski definition) is 16. The second kappa shape index (κ2) is 15.9. The normalized spacial score (nSPS) is 25.1. The number of esters is 2. The molecule has 2 aromatic carbocycles. The molecule has 16 heteroatoms. The summed E-state index contributed by atoms with van der Waals surface area (Å²) in [6.07, 6.45) is -5.05. The molecule has 3 aliphatic rings. The molecule has 2 aromatic rings. The van der Waals surface area contributed by atoms with E-state index in [1.807, 2.05) is 4.90 Å². The van der Waals surface area contributed by atoms with E-state index in [9.17, 15) is 49.5 Å². The van der Waals surface area contributed by atoms with Crippen LogP contribution in [0.5, 0.6) is 17.2 Å². The topological polar surface area (TPSA) is 236 Å². The van der Waals surface area contributed by atoms with Crippen LogP contribution in [0, 0.1) is 0 Å². The lowest BCUT2D eigenvalue weighted by molar-refractivity contribution is -0.257. The Balaban J connectivity index is 1.43. The van der Waals surface area contributed by atoms with E-state index in [1.54, 1.807) is 14.0 Å². The van der Waals surface area contributed by atoms with E-state index >= 15 is 0 Å². The number of benzene rings is 2. The largest absolute Gasteiger partial charge is 0.507 e. The first-order valence-corrected chi connectivity index (χ1v) is 17.3. The zero-order chi connectivity index (χ0) is 38.9. The Morgan fingerprint density at radius 3 is 2.30 bits per heavy atom. The monoisotopic (exact) mass is 743 g/mol. The number of aliphatic hydroxyl groups excluding tert-OH is 2. The fourth-order valence-electron chi connectivity index (χ4n) is 7.48. The Hall–Kier alpha value is -4.45. The number of unbranched alkanes of at least 4 members (excludes halogenated alkanes) is 1. The second-order valence-electron chi connectivity index (χ2n) is 13.7. The van der Waals surface area contributed by atoms with Gasteiger partial charge in [-0.1, -0.05) is 12.1 Å². The van der Waals surface area contributed by atoms with Gasteiger partial charge in [0.1, 0.15) is 29.5 Å². The number of ether oxygens (including phenoxy) is 5. The van der Waals surface area contributed by atoms with E-state index in [0.717, 1.165) is 0 Å². The summed E-state index contributed by atoms with van der Waals surface area (Å²) in [5, 5.41) is 55.8. The summed E-state index contributed by atoms with van der Waals surface area (Å²) in [4.78, 5) is 65.3. The second-order valence-corrected chi connectivity index (χ2v) is 13.7. The SMILES string of the molecule is COc1cccc2c1C(=O)c1c(O)c3c(c(O)c1C2=O)CC(O)(C(=O)CO)CC3O[C@H]1C[C@H](N(C)CCCCC(OC(C)=O)OC(C)=O)[C@H](O)[C@H](C)O1. The van der Waals surface area contributed by atoms with Crippen molar-refractivity contribution in [2.75, 3.05) is 27.3 Å². The predicted octanol–water partition coefficient (Wildman–Crippen LogP) is 1.60. The maximum atomic E-state index is 13.9. The molecule has 0 spiro atoms. The molecular formula is C37H45NO15. The van der Waals surface area contributed by atoms with E-state index in [-0.39, 0.29) is 40.8 Å². The quantitative estimate of drug-likeness (QED) is 0.0724. The third kappa shape index (κ3) is 7.79. The fourth-order valence-corrected chi connectivity index (χ4v) is 7.48. The van der Waals surface area contributed by atoms with Crippen molar-refractivity contribution in [1.82, 2.24) is 4.90 Å². The molecule has 5 rings (SSSR count). The summed E-state index contributed by atoms with van der Waals surface area (Å²) >= 11 is 0. The molecule has 288 valence electrons. The molecule has 0 aromatic heterocycles. The van der Waals surface area contributed by atoms with Gasteiger partial charge >= 0.3 is 11.9 Å². The van der Waals surface area contributed by atoms with E-state index in [1.165, 1.54) is 39.2 Å². The van der Waals surface area contributed by atoms with Crippen molar-refractivity contribution in [2.24, 2.45) is 0 Å². The number of Topliss-reactive ketones (excluding diaryl/α,β-unsaturated/α-hetero) is 1. The molecule has 2 unspecified atom stereocenters. The maximum Gasteiger partial charge on any atom is 0.305 e. The number of methoxy groups -OCH3 is 1. The average Bonchev–Trinajstić information content (AvgIpc) is 3.10. The van der Waals surface area contributed by atoms with Crippen LogP contribution in [0.1, 0.15) is 102 Å². The highest BCUT2D eigenvalue weighted by Gasteiger charge is 2.50. The minimum absolute atomic E-state index is 0.0589. The molecule has 0 saturated carbocycles. The van der Waals surface area contributed by atoms with Crippen molar-refractivity contribution in [1.29, 1.82) is 0 Å². The van der Waals surface area contributed by atoms with E-state index < -0.39 is 114 Å². The highest BCUT2D eigenvalue weighted by Crippen LogP contribution is 2.52. The molecule has 0 radical (unpaired) electrons. The van der Waals surface area contributed by atoms with Crippen LogP contribution in [-0.2, 0) is 39.8 Å². The fraction of sp³-hybridized carbons (Fsp3) is 0.541. The molecule has 2 aliphatic carbocycles. The molecule has 16 nitrogen and oxygen atoms in total. The average molecular weight is 744 g/mol. The number of aliphatic hydroxyl groups is 3. The third-order valence-corrected chi connectivity index (χ3v) is 10.1. The lowest BCUT2D eigenvalue weighted by atomic mass is 9.72. The van der Waals surface area contributed by atoms with Crippen LogP contribution in [0.4, 0.5) is 0 Å². The van der Waals surface area contributed by atoms with Gasteiger partial charge < -0.3 is 54.1 Å². The molecule has 1 aliphatic heterocycles. The van der Waals surface area contributed by atoms with E-state index in [0.29, 0.717) is 19.4 Å². The van der Waals surface area contributed by atoms with Gasteiger partial charge in [-0.05, 0) is 39.4 Å². The Morgan fingerprint density at radius 2 is 1.68 bits per heavy atom. The van der Waals surface area contributed by atoms with Crippen LogP contribution < -0.4 is 4.74 Å². The molecule has 5 N–H and O–H groups in total. The predicted molar refractivity (Wildman–Crippen MR) is 181 cm³/mol. The number of carbonyl (C=O) groups is 5. The maximum absolute atomic E-state index is 13.9. The van der Waals surface area contributed by atoms with Gasteiger partial charge in [0.05, 0.1) is 42.1 Å². The van der Waals surface area contributed by atoms with Crippen LogP contribution in [0.15, 0.2) is 18.2 Å². The van der Waals surface area contributed by atoms with Crippen molar-refractivity contribution in [3.63, 3.8) is 0 Å². The smallest absolute Gasteiger partial charge is 0.305 e. The summed E-state index contributed by atoms with van der Waals surface area (Å²) in [6.45, 7) is 3.44. The molecule has 0 amide bonds. The van der Waals surface area contributed by atoms with Crippen molar-refractivity contribution < 1.29 is 73.2 Å². The Labute approximate surface area is 305 Å². The molecule has 6 atom stereocenters. The van der Waals surface area contributed by atoms with Gasteiger partial charge in [-0.2, -0.15) is 0 Å². The first-order chi connectivity index (χ1) is 25.0. The third-order valence-electron chi connectivity index (χ3n) is 10.1. The number of nitrogens with zero attached hydrogens (tertiary/aromatic N) is 1. The van der Waals surface area contributed by atoms with Gasteiger partial charge in [-0.15, -0.1) is 0 Å². The minimum Gasteiger partial charge on any atom is -0.507 e. The lowest BCUT2D eigenvalue weighted by Gasteiger charge is -2.44. The standard InChI is InChI=1S/C37H45NO15/c1-17-32(43)22(38(4)12-7-6-11-26(51-18(2)40)52-19(3)41)13-27(50-17)53-24-15-37(48,25(42)16-39)14-21-29(24)36(47)31-30(34(21)45)33(44)20-9-8-10-23(49-5)28(20)35(31)46/h8-10,17,22,24,26-27,32,39,43,45,47-48H,6-7,11-16H2,1-5H3/t17-,22-,24?,27-,32+,37?/m0/s1. The van der Waals surface area contributed by atoms with Crippen LogP contribution >= 0.6 is 0 Å². The Kier molecular flexibility index (Phi) is 11.9. The molecule has 0 bridgehead atoms. The van der Waals surface area contributed by atoms with Crippen LogP contribution in [0.3, 0.4) is 0 Å². The highest BCUT2D eigenvalue weighted by molar-refractivity contribution is 6.31. The van der Waals surface area contributed by atoms with Crippen molar-refractivity contribution in [2.45, 2.75) is 102 Å². The number of fused-ring (bicyclic) bond motifs is 3. The number of aromatic hydroxyl groups is 2. The van der Waals surface area contributed by atoms with Crippen LogP contribution in [0.2, 0.25) is 0 Å². The van der Waals surface area contributed by atoms with Crippen LogP contribution in [0.25, 0.3) is 0 Å². The van der Waals surface area contributed by atoms with Crippen molar-refractivity contribution >= 4 is 29.3 Å². The highest BCUT2D eigenvalue weighted by atomic mass is 16.7. The zero-order valence-corrected chi connectivity index (χ0v) is 30.1. The number of likely N-dealkylation sites (N-methyl/N-ethyl adjacent to an activating group) is 1. The number of rotatable bonds is 13. The van der Waals surface area contributed by atoms with Gasteiger partial charge in [0.25, 0.3) is 0 Å². The van der Waals surface area contributed by atoms with Gasteiger partial charge in [-0.25, -0.2) is 0 Å². The number of carbonyl (C=O) groups excluding carboxylic acids is 5. The van der Waals surface area contributed by atoms with Gasteiger partial charge in [0, 0.05) is 62.3 Å². The van der Waals surface area contributed by atoms with Gasteiger partial charge in [-0.3, -0.25) is 24.0 Å². The van der Waals surface area contributed by atoms with Crippen molar-refractivity contribution in [3.05, 3.63) is 51.6 Å². The zero-order valence-electron chi connectivity index (χ0n) is 30.1. The van der Waals surface area contributed by atoms with E-state index in [2.05, 4.69) is 0 Å². The number of phenols is 2. The summed E-state index contributed by atoms with van der Waals surface area (Å²) in [5.41, 5.74) is -3.85. The Bertz CT molecular complexity index is 1780. The first kappa shape index (κ1) is 39.8. The van der Waals surface area contributed by atoms with E-state index in [4.69, 9.17) is 23.7 Å². The molecule has 1 saturated heterocycles. The summed E-state index contributed by atoms with van der Waals surface area (Å²) < 4.78 is 27.7. The summed E-state index contributed by atoms with van der Waals surface area (Å²) in [5.74, 6) is -5.11. The van der Waals surface area contributed by atoms with Crippen molar-refractivity contribution in [3.8, 4) is 17.2 Å². The summed E-state index contributed by atoms with van der Waals surface area (Å²) in [6, 6.07) is 3.80. The minimum atomic E-state index is -2.31. The van der Waals surface area contributed by atoms with Crippen LogP contribution in [-0.4, -0.2) is 123 Å². The first-order valence-electron chi connectivity index (χ1n) is 17.3. The number of hydrogen-bond donors (Lipinski definition) is 5. The molecular weight excluding hydrogens is 698 g/mol. The van der Waals surface area contributed by atoms with Gasteiger partial charge in [0.15, 0.2) is 17.9 Å². The summed E-state index contributed by atoms with van der Waals surface area (Å²) in [7, 11) is 3.09. The molecule has 1 fully saturated rings.